The lowest BCUT2D eigenvalue weighted by Crippen LogP contribution is -2.49. The predicted molar refractivity (Wildman–Crippen MR) is 75.5 cm³/mol. The number of piperidine rings is 2. The van der Waals surface area contributed by atoms with Gasteiger partial charge in [-0.15, -0.1) is 0 Å². The van der Waals surface area contributed by atoms with Gasteiger partial charge < -0.3 is 5.11 Å². The number of carboxylic acids is 1. The lowest BCUT2D eigenvalue weighted by Gasteiger charge is -2.36. The summed E-state index contributed by atoms with van der Waals surface area (Å²) in [4.78, 5) is 10.6. The van der Waals surface area contributed by atoms with Crippen LogP contribution in [0.4, 0.5) is 0 Å². The summed E-state index contributed by atoms with van der Waals surface area (Å²) in [7, 11) is -3.34. The first kappa shape index (κ1) is 15.7. The van der Waals surface area contributed by atoms with E-state index in [0.29, 0.717) is 32.6 Å². The Morgan fingerprint density at radius 3 is 2.35 bits per heavy atom. The minimum Gasteiger partial charge on any atom is -0.481 e. The highest BCUT2D eigenvalue weighted by atomic mass is 32.2. The molecule has 6 nitrogen and oxygen atoms in total. The van der Waals surface area contributed by atoms with Crippen LogP contribution in [0.15, 0.2) is 0 Å². The van der Waals surface area contributed by atoms with E-state index >= 15 is 0 Å². The summed E-state index contributed by atoms with van der Waals surface area (Å²) in [5.74, 6) is -0.625. The Kier molecular flexibility index (Phi) is 5.40. The standard InChI is InChI=1S/C13H24N2O4S/c16-13(17)7-6-12-5-4-10-15(11-12)20(18,19)14-8-2-1-3-9-14/h12H,1-11H2,(H,16,17). The van der Waals surface area contributed by atoms with Crippen molar-refractivity contribution in [3.63, 3.8) is 0 Å². The molecule has 0 bridgehead atoms. The monoisotopic (exact) mass is 304 g/mol. The molecule has 0 aliphatic carbocycles. The lowest BCUT2D eigenvalue weighted by molar-refractivity contribution is -0.137. The average Bonchev–Trinajstić information content (AvgIpc) is 2.46. The van der Waals surface area contributed by atoms with E-state index < -0.39 is 16.2 Å². The van der Waals surface area contributed by atoms with Crippen molar-refractivity contribution in [3.8, 4) is 0 Å². The van der Waals surface area contributed by atoms with Gasteiger partial charge in [0, 0.05) is 32.6 Å². The van der Waals surface area contributed by atoms with Crippen molar-refractivity contribution in [2.45, 2.75) is 44.9 Å². The molecule has 20 heavy (non-hydrogen) atoms. The molecule has 2 aliphatic rings. The number of rotatable bonds is 5. The zero-order valence-corrected chi connectivity index (χ0v) is 12.6. The molecule has 116 valence electrons. The molecule has 0 spiro atoms. The van der Waals surface area contributed by atoms with Crippen LogP contribution in [0.5, 0.6) is 0 Å². The van der Waals surface area contributed by atoms with Gasteiger partial charge in [0.1, 0.15) is 0 Å². The Morgan fingerprint density at radius 1 is 1.05 bits per heavy atom. The Balaban J connectivity index is 1.94. The number of hydrogen-bond donors (Lipinski definition) is 1. The van der Waals surface area contributed by atoms with E-state index in [1.54, 1.807) is 8.61 Å². The Morgan fingerprint density at radius 2 is 1.70 bits per heavy atom. The molecule has 0 amide bonds. The molecule has 2 saturated heterocycles. The van der Waals surface area contributed by atoms with E-state index in [1.165, 1.54) is 0 Å². The maximum atomic E-state index is 12.6. The maximum Gasteiger partial charge on any atom is 0.303 e. The van der Waals surface area contributed by atoms with Gasteiger partial charge in [-0.1, -0.05) is 6.42 Å². The molecule has 0 aromatic heterocycles. The molecule has 0 aromatic carbocycles. The maximum absolute atomic E-state index is 12.6. The van der Waals surface area contributed by atoms with Gasteiger partial charge in [-0.2, -0.15) is 17.0 Å². The molecule has 2 fully saturated rings. The van der Waals surface area contributed by atoms with Crippen LogP contribution in [0.2, 0.25) is 0 Å². The van der Waals surface area contributed by atoms with Crippen molar-refractivity contribution < 1.29 is 18.3 Å². The number of nitrogens with zero attached hydrogens (tertiary/aromatic N) is 2. The minimum absolute atomic E-state index is 0.127. The highest BCUT2D eigenvalue weighted by Crippen LogP contribution is 2.25. The third-order valence-electron chi connectivity index (χ3n) is 4.22. The van der Waals surface area contributed by atoms with Gasteiger partial charge in [-0.05, 0) is 38.0 Å². The van der Waals surface area contributed by atoms with Gasteiger partial charge in [-0.25, -0.2) is 0 Å². The van der Waals surface area contributed by atoms with E-state index in [9.17, 15) is 13.2 Å². The summed E-state index contributed by atoms with van der Waals surface area (Å²) < 4.78 is 28.3. The summed E-state index contributed by atoms with van der Waals surface area (Å²) in [6.45, 7) is 2.30. The smallest absolute Gasteiger partial charge is 0.303 e. The first-order chi connectivity index (χ1) is 9.50. The normalized spacial score (nSPS) is 26.5. The van der Waals surface area contributed by atoms with Crippen LogP contribution in [0.3, 0.4) is 0 Å². The molecular formula is C13H24N2O4S. The zero-order valence-electron chi connectivity index (χ0n) is 11.8. The Hall–Kier alpha value is -0.660. The van der Waals surface area contributed by atoms with Crippen molar-refractivity contribution in [1.29, 1.82) is 0 Å². The predicted octanol–water partition coefficient (Wildman–Crippen LogP) is 1.29. The molecule has 7 heteroatoms. The van der Waals surface area contributed by atoms with Gasteiger partial charge in [0.25, 0.3) is 10.2 Å². The summed E-state index contributed by atoms with van der Waals surface area (Å²) in [5.41, 5.74) is 0. The van der Waals surface area contributed by atoms with E-state index in [0.717, 1.165) is 32.1 Å². The summed E-state index contributed by atoms with van der Waals surface area (Å²) in [6.07, 6.45) is 5.44. The van der Waals surface area contributed by atoms with Crippen LogP contribution in [0.1, 0.15) is 44.9 Å². The van der Waals surface area contributed by atoms with Gasteiger partial charge in [0.2, 0.25) is 0 Å². The van der Waals surface area contributed by atoms with Gasteiger partial charge in [-0.3, -0.25) is 4.79 Å². The lowest BCUT2D eigenvalue weighted by atomic mass is 9.95. The molecule has 2 rings (SSSR count). The van der Waals surface area contributed by atoms with Crippen molar-refractivity contribution in [2.75, 3.05) is 26.2 Å². The van der Waals surface area contributed by atoms with Crippen molar-refractivity contribution in [1.82, 2.24) is 8.61 Å². The van der Waals surface area contributed by atoms with Gasteiger partial charge in [0.05, 0.1) is 0 Å². The molecular weight excluding hydrogens is 280 g/mol. The first-order valence-electron chi connectivity index (χ1n) is 7.47. The molecule has 0 aromatic rings. The van der Waals surface area contributed by atoms with Crippen molar-refractivity contribution in [2.24, 2.45) is 5.92 Å². The van der Waals surface area contributed by atoms with E-state index in [1.807, 2.05) is 0 Å². The van der Waals surface area contributed by atoms with Crippen LogP contribution in [-0.4, -0.2) is 54.3 Å². The fourth-order valence-corrected chi connectivity index (χ4v) is 4.86. The third-order valence-corrected chi connectivity index (χ3v) is 6.22. The number of carboxylic acid groups (broad SMARTS) is 1. The molecule has 1 atom stereocenters. The fraction of sp³-hybridized carbons (Fsp3) is 0.923. The van der Waals surface area contributed by atoms with Crippen LogP contribution in [0, 0.1) is 5.92 Å². The van der Waals surface area contributed by atoms with E-state index in [-0.39, 0.29) is 12.3 Å². The molecule has 2 heterocycles. The van der Waals surface area contributed by atoms with Crippen molar-refractivity contribution in [3.05, 3.63) is 0 Å². The Labute approximate surface area is 120 Å². The Bertz CT molecular complexity index is 432. The quantitative estimate of drug-likeness (QED) is 0.830. The van der Waals surface area contributed by atoms with Crippen LogP contribution < -0.4 is 0 Å². The number of carbonyl (C=O) groups is 1. The van der Waals surface area contributed by atoms with E-state index in [4.69, 9.17) is 5.11 Å². The number of aliphatic carboxylic acids is 1. The van der Waals surface area contributed by atoms with Gasteiger partial charge >= 0.3 is 5.97 Å². The van der Waals surface area contributed by atoms with Gasteiger partial charge in [0.15, 0.2) is 0 Å². The van der Waals surface area contributed by atoms with Crippen LogP contribution in [-0.2, 0) is 15.0 Å². The molecule has 0 saturated carbocycles. The molecule has 1 unspecified atom stereocenters. The summed E-state index contributed by atoms with van der Waals surface area (Å²) in [6, 6.07) is 0. The average molecular weight is 304 g/mol. The molecule has 2 aliphatic heterocycles. The zero-order chi connectivity index (χ0) is 14.6. The SMILES string of the molecule is O=C(O)CCC1CCCN(S(=O)(=O)N2CCCCC2)C1. The minimum atomic E-state index is -3.34. The summed E-state index contributed by atoms with van der Waals surface area (Å²) >= 11 is 0. The highest BCUT2D eigenvalue weighted by molar-refractivity contribution is 7.86. The first-order valence-corrected chi connectivity index (χ1v) is 8.87. The van der Waals surface area contributed by atoms with Crippen LogP contribution >= 0.6 is 0 Å². The highest BCUT2D eigenvalue weighted by Gasteiger charge is 2.34. The van der Waals surface area contributed by atoms with Crippen molar-refractivity contribution >= 4 is 16.2 Å². The molecule has 0 radical (unpaired) electrons. The second-order valence-electron chi connectivity index (χ2n) is 5.77. The molecule has 1 N–H and O–H groups in total. The topological polar surface area (TPSA) is 77.9 Å². The largest absolute Gasteiger partial charge is 0.481 e. The second-order valence-corrected chi connectivity index (χ2v) is 7.69. The second kappa shape index (κ2) is 6.87. The number of hydrogen-bond acceptors (Lipinski definition) is 3. The fourth-order valence-electron chi connectivity index (χ4n) is 3.06. The van der Waals surface area contributed by atoms with E-state index in [2.05, 4.69) is 0 Å². The third kappa shape index (κ3) is 3.93. The van der Waals surface area contributed by atoms with Crippen LogP contribution in [0.25, 0.3) is 0 Å². The summed E-state index contributed by atoms with van der Waals surface area (Å²) in [5, 5.41) is 8.73.